The number of aromatic nitrogens is 1. The molecular weight excluding hydrogens is 422 g/mol. The van der Waals surface area contributed by atoms with E-state index < -0.39 is 41.9 Å². The number of urea groups is 1. The van der Waals surface area contributed by atoms with Crippen LogP contribution in [0.25, 0.3) is 10.9 Å². The molecule has 1 saturated heterocycles. The van der Waals surface area contributed by atoms with Crippen LogP contribution in [0, 0.1) is 0 Å². The Morgan fingerprint density at radius 2 is 1.79 bits per heavy atom. The molecule has 33 heavy (non-hydrogen) atoms. The lowest BCUT2D eigenvalue weighted by atomic mass is 9.98. The number of hydrogen-bond acceptors (Lipinski definition) is 5. The molecule has 3 aromatic rings. The van der Waals surface area contributed by atoms with Gasteiger partial charge in [0.05, 0.1) is 0 Å². The first kappa shape index (κ1) is 22.3. The molecule has 1 atom stereocenters. The molecule has 8 nitrogen and oxygen atoms in total. The molecule has 0 bridgehead atoms. The molecule has 3 amide bonds. The SMILES string of the molecule is CCc1cccc2c(C(=O)C(OC(=O)CN3C(=O)NC(C)(C)C3=O)c3ccccc3)c[nH]c12. The van der Waals surface area contributed by atoms with Crippen molar-refractivity contribution in [1.82, 2.24) is 15.2 Å². The highest BCUT2D eigenvalue weighted by Gasteiger charge is 2.45. The summed E-state index contributed by atoms with van der Waals surface area (Å²) in [5, 5.41) is 3.26. The van der Waals surface area contributed by atoms with E-state index in [4.69, 9.17) is 4.74 Å². The molecule has 170 valence electrons. The second-order valence-electron chi connectivity index (χ2n) is 8.49. The van der Waals surface area contributed by atoms with Gasteiger partial charge in [-0.3, -0.25) is 19.3 Å². The number of imide groups is 1. The fourth-order valence-corrected chi connectivity index (χ4v) is 4.02. The van der Waals surface area contributed by atoms with Gasteiger partial charge in [0.2, 0.25) is 5.78 Å². The highest BCUT2D eigenvalue weighted by Crippen LogP contribution is 2.29. The number of para-hydroxylation sites is 1. The van der Waals surface area contributed by atoms with Crippen LogP contribution in [-0.2, 0) is 20.7 Å². The maximum Gasteiger partial charge on any atom is 0.327 e. The predicted molar refractivity (Wildman–Crippen MR) is 122 cm³/mol. The summed E-state index contributed by atoms with van der Waals surface area (Å²) in [6.07, 6.45) is 1.19. The van der Waals surface area contributed by atoms with E-state index in [1.165, 1.54) is 0 Å². The summed E-state index contributed by atoms with van der Waals surface area (Å²) < 4.78 is 5.58. The summed E-state index contributed by atoms with van der Waals surface area (Å²) in [6.45, 7) is 4.55. The lowest BCUT2D eigenvalue weighted by molar-refractivity contribution is -0.150. The number of ketones is 1. The number of H-pyrrole nitrogens is 1. The van der Waals surface area contributed by atoms with Gasteiger partial charge in [-0.05, 0) is 25.8 Å². The normalized spacial score (nSPS) is 16.0. The van der Waals surface area contributed by atoms with Gasteiger partial charge in [-0.15, -0.1) is 0 Å². The number of carbonyl (C=O) groups is 4. The fourth-order valence-electron chi connectivity index (χ4n) is 4.02. The minimum absolute atomic E-state index is 0.397. The Balaban J connectivity index is 1.63. The van der Waals surface area contributed by atoms with Crippen LogP contribution in [0.1, 0.15) is 48.4 Å². The van der Waals surface area contributed by atoms with Crippen LogP contribution in [-0.4, -0.2) is 45.7 Å². The number of carbonyl (C=O) groups excluding carboxylic acids is 4. The minimum Gasteiger partial charge on any atom is -0.448 e. The number of fused-ring (bicyclic) bond motifs is 1. The van der Waals surface area contributed by atoms with E-state index in [2.05, 4.69) is 10.3 Å². The smallest absolute Gasteiger partial charge is 0.327 e. The molecule has 2 aromatic carbocycles. The first-order chi connectivity index (χ1) is 15.7. The molecule has 1 aromatic heterocycles. The summed E-state index contributed by atoms with van der Waals surface area (Å²) in [6, 6.07) is 13.7. The third kappa shape index (κ3) is 4.11. The second kappa shape index (κ2) is 8.54. The molecule has 1 unspecified atom stereocenters. The number of aryl methyl sites for hydroxylation is 1. The van der Waals surface area contributed by atoms with E-state index in [-0.39, 0.29) is 0 Å². The highest BCUT2D eigenvalue weighted by molar-refractivity contribution is 6.11. The molecule has 0 radical (unpaired) electrons. The van der Waals surface area contributed by atoms with Gasteiger partial charge < -0.3 is 15.0 Å². The van der Waals surface area contributed by atoms with Crippen molar-refractivity contribution in [2.75, 3.05) is 6.54 Å². The Labute approximate surface area is 190 Å². The third-order valence-electron chi connectivity index (χ3n) is 5.77. The highest BCUT2D eigenvalue weighted by atomic mass is 16.5. The summed E-state index contributed by atoms with van der Waals surface area (Å²) in [5.74, 6) is -1.78. The number of benzene rings is 2. The third-order valence-corrected chi connectivity index (χ3v) is 5.77. The molecule has 0 aliphatic carbocycles. The van der Waals surface area contributed by atoms with Crippen molar-refractivity contribution in [1.29, 1.82) is 0 Å². The van der Waals surface area contributed by atoms with Gasteiger partial charge in [-0.2, -0.15) is 0 Å². The minimum atomic E-state index is -1.23. The number of amides is 3. The Morgan fingerprint density at radius 3 is 2.42 bits per heavy atom. The van der Waals surface area contributed by atoms with Gasteiger partial charge in [-0.25, -0.2) is 4.79 Å². The molecule has 8 heteroatoms. The first-order valence-corrected chi connectivity index (χ1v) is 10.7. The van der Waals surface area contributed by atoms with Crippen molar-refractivity contribution < 1.29 is 23.9 Å². The first-order valence-electron chi connectivity index (χ1n) is 10.7. The van der Waals surface area contributed by atoms with Gasteiger partial charge in [0, 0.05) is 28.2 Å². The monoisotopic (exact) mass is 447 g/mol. The molecule has 1 aliphatic heterocycles. The van der Waals surface area contributed by atoms with Crippen molar-refractivity contribution in [3.63, 3.8) is 0 Å². The van der Waals surface area contributed by atoms with Crippen LogP contribution in [0.3, 0.4) is 0 Å². The van der Waals surface area contributed by atoms with Crippen molar-refractivity contribution in [2.45, 2.75) is 38.8 Å². The lowest BCUT2D eigenvalue weighted by Gasteiger charge is -2.19. The zero-order valence-corrected chi connectivity index (χ0v) is 18.7. The molecule has 1 fully saturated rings. The summed E-state index contributed by atoms with van der Waals surface area (Å²) >= 11 is 0. The zero-order valence-electron chi connectivity index (χ0n) is 18.7. The van der Waals surface area contributed by atoms with E-state index in [0.717, 1.165) is 27.8 Å². The summed E-state index contributed by atoms with van der Waals surface area (Å²) in [4.78, 5) is 54.8. The van der Waals surface area contributed by atoms with Crippen LogP contribution in [0.5, 0.6) is 0 Å². The molecule has 1 aliphatic rings. The van der Waals surface area contributed by atoms with Gasteiger partial charge in [0.15, 0.2) is 6.10 Å². The quantitative estimate of drug-likeness (QED) is 0.327. The Morgan fingerprint density at radius 1 is 1.06 bits per heavy atom. The van der Waals surface area contributed by atoms with Crippen molar-refractivity contribution in [3.8, 4) is 0 Å². The Bertz CT molecular complexity index is 1250. The molecule has 2 heterocycles. The number of nitrogens with zero attached hydrogens (tertiary/aromatic N) is 1. The van der Waals surface area contributed by atoms with Gasteiger partial charge >= 0.3 is 12.0 Å². The topological polar surface area (TPSA) is 109 Å². The number of hydrogen-bond donors (Lipinski definition) is 2. The van der Waals surface area contributed by atoms with E-state index in [9.17, 15) is 19.2 Å². The largest absolute Gasteiger partial charge is 0.448 e. The number of Topliss-reactive ketones (excluding diaryl/α,β-unsaturated/α-hetero) is 1. The fraction of sp³-hybridized carbons (Fsp3) is 0.280. The molecule has 0 saturated carbocycles. The number of ether oxygens (including phenoxy) is 1. The van der Waals surface area contributed by atoms with Crippen molar-refractivity contribution in [2.24, 2.45) is 0 Å². The summed E-state index contributed by atoms with van der Waals surface area (Å²) in [5.41, 5.74) is 1.73. The van der Waals surface area contributed by atoms with Crippen LogP contribution in [0.4, 0.5) is 4.79 Å². The molecule has 4 rings (SSSR count). The van der Waals surface area contributed by atoms with Gasteiger partial charge in [-0.1, -0.05) is 55.5 Å². The molecule has 2 N–H and O–H groups in total. The molecule has 0 spiro atoms. The van der Waals surface area contributed by atoms with Crippen molar-refractivity contribution in [3.05, 3.63) is 71.4 Å². The van der Waals surface area contributed by atoms with Crippen LogP contribution >= 0.6 is 0 Å². The summed E-state index contributed by atoms with van der Waals surface area (Å²) in [7, 11) is 0. The number of aromatic amines is 1. The van der Waals surface area contributed by atoms with Crippen molar-refractivity contribution >= 4 is 34.6 Å². The number of nitrogens with one attached hydrogen (secondary N) is 2. The molecular formula is C25H25N3O5. The maximum absolute atomic E-state index is 13.6. The average molecular weight is 447 g/mol. The number of esters is 1. The van der Waals surface area contributed by atoms with E-state index in [1.807, 2.05) is 25.1 Å². The maximum atomic E-state index is 13.6. The Kier molecular flexibility index (Phi) is 5.76. The van der Waals surface area contributed by atoms with E-state index in [0.29, 0.717) is 11.1 Å². The van der Waals surface area contributed by atoms with Crippen LogP contribution < -0.4 is 5.32 Å². The second-order valence-corrected chi connectivity index (χ2v) is 8.49. The zero-order chi connectivity index (χ0) is 23.8. The average Bonchev–Trinajstić information content (AvgIpc) is 3.31. The van der Waals surface area contributed by atoms with Crippen LogP contribution in [0.2, 0.25) is 0 Å². The lowest BCUT2D eigenvalue weighted by Crippen LogP contribution is -2.41. The Hall–Kier alpha value is -3.94. The predicted octanol–water partition coefficient (Wildman–Crippen LogP) is 3.53. The van der Waals surface area contributed by atoms with Gasteiger partial charge in [0.25, 0.3) is 5.91 Å². The standard InChI is InChI=1S/C25H25N3O5/c1-4-15-11-8-12-17-18(13-26-20(15)17)21(30)22(16-9-6-5-7-10-16)33-19(29)14-28-23(31)25(2,3)27-24(28)32/h5-13,22,26H,4,14H2,1-3H3,(H,27,32). The van der Waals surface area contributed by atoms with Crippen LogP contribution in [0.15, 0.2) is 54.7 Å². The van der Waals surface area contributed by atoms with Gasteiger partial charge in [0.1, 0.15) is 12.1 Å². The van der Waals surface area contributed by atoms with E-state index in [1.54, 1.807) is 50.4 Å². The number of rotatable bonds is 7. The van der Waals surface area contributed by atoms with E-state index >= 15 is 0 Å².